The summed E-state index contributed by atoms with van der Waals surface area (Å²) in [5.74, 6) is -0.674. The first-order chi connectivity index (χ1) is 14.1. The van der Waals surface area contributed by atoms with Crippen molar-refractivity contribution < 1.29 is 18.0 Å². The van der Waals surface area contributed by atoms with Crippen LogP contribution in [-0.4, -0.2) is 26.5 Å². The zero-order valence-corrected chi connectivity index (χ0v) is 17.7. The van der Waals surface area contributed by atoms with Gasteiger partial charge in [0.05, 0.1) is 4.90 Å². The summed E-state index contributed by atoms with van der Waals surface area (Å²) >= 11 is 0. The van der Waals surface area contributed by atoms with Gasteiger partial charge in [0.25, 0.3) is 11.8 Å². The molecule has 0 aliphatic rings. The fourth-order valence-electron chi connectivity index (χ4n) is 2.84. The van der Waals surface area contributed by atoms with E-state index in [2.05, 4.69) is 10.6 Å². The van der Waals surface area contributed by atoms with Gasteiger partial charge in [-0.15, -0.1) is 0 Å². The van der Waals surface area contributed by atoms with Gasteiger partial charge >= 0.3 is 0 Å². The molecule has 0 bridgehead atoms. The Kier molecular flexibility index (Phi) is 6.03. The number of hydrogen-bond donors (Lipinski definition) is 2. The standard InChI is InChI=1S/C23H22N2O4S/c1-15-9-11-18(13-20(15)24-22(26)17-7-5-4-6-8-17)23(27)25-21-14-19(30(3,28)29)12-10-16(21)2/h4-14H,1-3H3,(H,24,26)(H,25,27). The molecule has 0 unspecified atom stereocenters. The predicted octanol–water partition coefficient (Wildman–Crippen LogP) is 4.21. The molecular formula is C23H22N2O4S. The summed E-state index contributed by atoms with van der Waals surface area (Å²) in [6.45, 7) is 3.62. The molecule has 0 spiro atoms. The van der Waals surface area contributed by atoms with Gasteiger partial charge in [0.15, 0.2) is 9.84 Å². The van der Waals surface area contributed by atoms with E-state index in [0.29, 0.717) is 22.5 Å². The molecule has 0 aliphatic heterocycles. The van der Waals surface area contributed by atoms with Crippen LogP contribution >= 0.6 is 0 Å². The van der Waals surface area contributed by atoms with Crippen molar-refractivity contribution in [2.75, 3.05) is 16.9 Å². The van der Waals surface area contributed by atoms with Gasteiger partial charge in [0, 0.05) is 28.8 Å². The second-order valence-electron chi connectivity index (χ2n) is 7.05. The molecule has 3 rings (SSSR count). The van der Waals surface area contributed by atoms with Gasteiger partial charge in [-0.3, -0.25) is 9.59 Å². The lowest BCUT2D eigenvalue weighted by atomic mass is 10.1. The van der Waals surface area contributed by atoms with Crippen molar-refractivity contribution in [3.8, 4) is 0 Å². The van der Waals surface area contributed by atoms with Gasteiger partial charge in [0.1, 0.15) is 0 Å². The third-order valence-corrected chi connectivity index (χ3v) is 5.78. The van der Waals surface area contributed by atoms with E-state index in [1.54, 1.807) is 55.5 Å². The molecular weight excluding hydrogens is 400 g/mol. The van der Waals surface area contributed by atoms with Crippen LogP contribution in [0.15, 0.2) is 71.6 Å². The number of benzene rings is 3. The Hall–Kier alpha value is -3.45. The highest BCUT2D eigenvalue weighted by atomic mass is 32.2. The van der Waals surface area contributed by atoms with Gasteiger partial charge in [0.2, 0.25) is 0 Å². The van der Waals surface area contributed by atoms with Gasteiger partial charge in [-0.2, -0.15) is 0 Å². The topological polar surface area (TPSA) is 92.3 Å². The monoisotopic (exact) mass is 422 g/mol. The number of carbonyl (C=O) groups is 2. The lowest BCUT2D eigenvalue weighted by Gasteiger charge is -2.13. The zero-order valence-electron chi connectivity index (χ0n) is 16.9. The maximum Gasteiger partial charge on any atom is 0.255 e. The van der Waals surface area contributed by atoms with Crippen LogP contribution in [-0.2, 0) is 9.84 Å². The van der Waals surface area contributed by atoms with Gasteiger partial charge < -0.3 is 10.6 Å². The normalized spacial score (nSPS) is 11.0. The highest BCUT2D eigenvalue weighted by Gasteiger charge is 2.14. The van der Waals surface area contributed by atoms with E-state index in [9.17, 15) is 18.0 Å². The Labute approximate surface area is 175 Å². The van der Waals surface area contributed by atoms with E-state index in [-0.39, 0.29) is 10.8 Å². The summed E-state index contributed by atoms with van der Waals surface area (Å²) in [5, 5.41) is 5.58. The van der Waals surface area contributed by atoms with E-state index < -0.39 is 15.7 Å². The van der Waals surface area contributed by atoms with Crippen LogP contribution in [0.5, 0.6) is 0 Å². The fraction of sp³-hybridized carbons (Fsp3) is 0.130. The van der Waals surface area contributed by atoms with Crippen molar-refractivity contribution in [2.24, 2.45) is 0 Å². The van der Waals surface area contributed by atoms with Gasteiger partial charge in [-0.05, 0) is 61.4 Å². The average Bonchev–Trinajstić information content (AvgIpc) is 2.71. The molecule has 0 fully saturated rings. The Morgan fingerprint density at radius 2 is 1.23 bits per heavy atom. The minimum Gasteiger partial charge on any atom is -0.322 e. The van der Waals surface area contributed by atoms with Crippen LogP contribution in [0.25, 0.3) is 0 Å². The Balaban J connectivity index is 1.84. The molecule has 3 aromatic carbocycles. The molecule has 154 valence electrons. The highest BCUT2D eigenvalue weighted by molar-refractivity contribution is 7.90. The smallest absolute Gasteiger partial charge is 0.255 e. The van der Waals surface area contributed by atoms with Crippen molar-refractivity contribution in [3.63, 3.8) is 0 Å². The highest BCUT2D eigenvalue weighted by Crippen LogP contribution is 2.23. The number of amides is 2. The summed E-state index contributed by atoms with van der Waals surface area (Å²) in [6.07, 6.45) is 1.12. The summed E-state index contributed by atoms with van der Waals surface area (Å²) in [4.78, 5) is 25.3. The summed E-state index contributed by atoms with van der Waals surface area (Å²) < 4.78 is 23.6. The summed E-state index contributed by atoms with van der Waals surface area (Å²) in [6, 6.07) is 18.4. The number of sulfone groups is 1. The third kappa shape index (κ3) is 4.93. The summed E-state index contributed by atoms with van der Waals surface area (Å²) in [5.41, 5.74) is 3.34. The predicted molar refractivity (Wildman–Crippen MR) is 118 cm³/mol. The number of anilines is 2. The molecule has 30 heavy (non-hydrogen) atoms. The van der Waals surface area contributed by atoms with Crippen molar-refractivity contribution in [3.05, 3.63) is 89.0 Å². The number of hydrogen-bond acceptors (Lipinski definition) is 4. The van der Waals surface area contributed by atoms with Gasteiger partial charge in [-0.1, -0.05) is 30.3 Å². The molecule has 2 N–H and O–H groups in total. The molecule has 3 aromatic rings. The fourth-order valence-corrected chi connectivity index (χ4v) is 3.49. The quantitative estimate of drug-likeness (QED) is 0.644. The third-order valence-electron chi connectivity index (χ3n) is 4.67. The van der Waals surface area contributed by atoms with Crippen molar-refractivity contribution in [1.82, 2.24) is 0 Å². The molecule has 0 aromatic heterocycles. The van der Waals surface area contributed by atoms with Crippen LogP contribution in [0, 0.1) is 13.8 Å². The number of nitrogens with one attached hydrogen (secondary N) is 2. The van der Waals surface area contributed by atoms with Crippen LogP contribution in [0.1, 0.15) is 31.8 Å². The molecule has 0 saturated carbocycles. The lowest BCUT2D eigenvalue weighted by Crippen LogP contribution is -2.16. The van der Waals surface area contributed by atoms with E-state index in [1.165, 1.54) is 12.1 Å². The first-order valence-corrected chi connectivity index (χ1v) is 11.1. The maximum absolute atomic E-state index is 12.8. The van der Waals surface area contributed by atoms with Crippen molar-refractivity contribution >= 4 is 33.0 Å². The first kappa shape index (κ1) is 21.3. The van der Waals surface area contributed by atoms with Crippen molar-refractivity contribution in [2.45, 2.75) is 18.7 Å². The molecule has 0 saturated heterocycles. The number of carbonyl (C=O) groups excluding carboxylic acids is 2. The molecule has 2 amide bonds. The second-order valence-corrected chi connectivity index (χ2v) is 9.07. The largest absolute Gasteiger partial charge is 0.322 e. The van der Waals surface area contributed by atoms with Crippen LogP contribution in [0.4, 0.5) is 11.4 Å². The Morgan fingerprint density at radius 1 is 0.700 bits per heavy atom. The lowest BCUT2D eigenvalue weighted by molar-refractivity contribution is 0.101. The van der Waals surface area contributed by atoms with Crippen LogP contribution < -0.4 is 10.6 Å². The molecule has 0 aliphatic carbocycles. The molecule has 0 radical (unpaired) electrons. The number of aryl methyl sites for hydroxylation is 2. The van der Waals surface area contributed by atoms with E-state index in [4.69, 9.17) is 0 Å². The average molecular weight is 423 g/mol. The zero-order chi connectivity index (χ0) is 21.9. The van der Waals surface area contributed by atoms with E-state index in [1.807, 2.05) is 13.0 Å². The Morgan fingerprint density at radius 3 is 1.83 bits per heavy atom. The number of rotatable bonds is 5. The molecule has 7 heteroatoms. The molecule has 6 nitrogen and oxygen atoms in total. The van der Waals surface area contributed by atoms with E-state index in [0.717, 1.165) is 17.4 Å². The second kappa shape index (κ2) is 8.51. The molecule has 0 atom stereocenters. The maximum atomic E-state index is 12.8. The summed E-state index contributed by atoms with van der Waals surface area (Å²) in [7, 11) is -3.39. The first-order valence-electron chi connectivity index (χ1n) is 9.24. The van der Waals surface area contributed by atoms with Crippen LogP contribution in [0.2, 0.25) is 0 Å². The van der Waals surface area contributed by atoms with Gasteiger partial charge in [-0.25, -0.2) is 8.42 Å². The minimum absolute atomic E-state index is 0.128. The van der Waals surface area contributed by atoms with Crippen molar-refractivity contribution in [1.29, 1.82) is 0 Å². The van der Waals surface area contributed by atoms with E-state index >= 15 is 0 Å². The minimum atomic E-state index is -3.39. The SMILES string of the molecule is Cc1ccc(C(=O)Nc2cc(S(C)(=O)=O)ccc2C)cc1NC(=O)c1ccccc1. The van der Waals surface area contributed by atoms with Crippen LogP contribution in [0.3, 0.4) is 0 Å². The Bertz CT molecular complexity index is 1220. The molecule has 0 heterocycles.